The molecule has 112 valence electrons. The van der Waals surface area contributed by atoms with E-state index in [2.05, 4.69) is 47.8 Å². The van der Waals surface area contributed by atoms with Gasteiger partial charge in [0.1, 0.15) is 0 Å². The van der Waals surface area contributed by atoms with Crippen LogP contribution in [-0.2, 0) is 0 Å². The highest BCUT2D eigenvalue weighted by atomic mass is 15.2. The molecule has 3 heteroatoms. The van der Waals surface area contributed by atoms with Crippen molar-refractivity contribution in [1.29, 1.82) is 0 Å². The Morgan fingerprint density at radius 2 is 1.95 bits per heavy atom. The largest absolute Gasteiger partial charge is 0.384 e. The first kappa shape index (κ1) is 16.7. The van der Waals surface area contributed by atoms with Crippen LogP contribution in [-0.4, -0.2) is 44.2 Å². The third kappa shape index (κ3) is 6.73. The summed E-state index contributed by atoms with van der Waals surface area (Å²) in [5.74, 6) is 0. The molecule has 3 nitrogen and oxygen atoms in total. The molecule has 0 radical (unpaired) electrons. The Balaban J connectivity index is 2.37. The molecule has 0 saturated carbocycles. The molecule has 0 aromatic carbocycles. The van der Waals surface area contributed by atoms with E-state index in [1.807, 2.05) is 13.0 Å². The fourth-order valence-corrected chi connectivity index (χ4v) is 2.15. The summed E-state index contributed by atoms with van der Waals surface area (Å²) < 4.78 is 0. The van der Waals surface area contributed by atoms with Gasteiger partial charge in [0, 0.05) is 45.0 Å². The number of rotatable bonds is 8. The average Bonchev–Trinajstić information content (AvgIpc) is 2.44. The summed E-state index contributed by atoms with van der Waals surface area (Å²) >= 11 is 0. The molecule has 0 aromatic heterocycles. The highest BCUT2D eigenvalue weighted by Crippen LogP contribution is 2.09. The van der Waals surface area contributed by atoms with Crippen molar-refractivity contribution in [3.8, 4) is 0 Å². The Morgan fingerprint density at radius 3 is 2.55 bits per heavy atom. The molecule has 1 saturated heterocycles. The molecule has 20 heavy (non-hydrogen) atoms. The van der Waals surface area contributed by atoms with Gasteiger partial charge in [0.2, 0.25) is 0 Å². The van der Waals surface area contributed by atoms with Crippen molar-refractivity contribution >= 4 is 0 Å². The molecule has 0 bridgehead atoms. The summed E-state index contributed by atoms with van der Waals surface area (Å²) in [5, 5.41) is 6.80. The smallest absolute Gasteiger partial charge is 0.0337 e. The summed E-state index contributed by atoms with van der Waals surface area (Å²) in [7, 11) is 0. The first-order chi connectivity index (χ1) is 9.63. The topological polar surface area (TPSA) is 27.3 Å². The summed E-state index contributed by atoms with van der Waals surface area (Å²) in [5.41, 5.74) is 3.22. The number of hydrogen-bond acceptors (Lipinski definition) is 3. The van der Waals surface area contributed by atoms with Crippen molar-refractivity contribution in [1.82, 2.24) is 15.5 Å². The Labute approximate surface area is 124 Å². The fourth-order valence-electron chi connectivity index (χ4n) is 2.15. The van der Waals surface area contributed by atoms with Crippen LogP contribution in [0.5, 0.6) is 0 Å². The Hall–Kier alpha value is -1.32. The molecule has 0 unspecified atom stereocenters. The van der Waals surface area contributed by atoms with Crippen molar-refractivity contribution < 1.29 is 0 Å². The zero-order chi connectivity index (χ0) is 14.8. The van der Waals surface area contributed by atoms with Crippen LogP contribution < -0.4 is 10.6 Å². The predicted octanol–water partition coefficient (Wildman–Crippen LogP) is 2.46. The Morgan fingerprint density at radius 1 is 1.25 bits per heavy atom. The van der Waals surface area contributed by atoms with E-state index >= 15 is 0 Å². The van der Waals surface area contributed by atoms with Gasteiger partial charge < -0.3 is 10.6 Å². The minimum Gasteiger partial charge on any atom is -0.384 e. The predicted molar refractivity (Wildman–Crippen MR) is 88.8 cm³/mol. The van der Waals surface area contributed by atoms with Crippen LogP contribution in [0.15, 0.2) is 48.2 Å². The van der Waals surface area contributed by atoms with Crippen molar-refractivity contribution in [2.24, 2.45) is 0 Å². The van der Waals surface area contributed by atoms with Crippen molar-refractivity contribution in [3.63, 3.8) is 0 Å². The van der Waals surface area contributed by atoms with Gasteiger partial charge >= 0.3 is 0 Å². The lowest BCUT2D eigenvalue weighted by Gasteiger charge is -2.27. The molecular formula is C17H29N3. The highest BCUT2D eigenvalue weighted by Gasteiger charge is 2.08. The van der Waals surface area contributed by atoms with Gasteiger partial charge in [-0.3, -0.25) is 4.90 Å². The molecule has 1 aliphatic rings. The molecule has 1 fully saturated rings. The number of allylic oxidation sites excluding steroid dienone is 4. The quantitative estimate of drug-likeness (QED) is 0.666. The summed E-state index contributed by atoms with van der Waals surface area (Å²) in [6, 6.07) is 0. The van der Waals surface area contributed by atoms with Crippen molar-refractivity contribution in [2.45, 2.75) is 20.3 Å². The van der Waals surface area contributed by atoms with E-state index in [-0.39, 0.29) is 0 Å². The van der Waals surface area contributed by atoms with Gasteiger partial charge in [-0.15, -0.1) is 0 Å². The summed E-state index contributed by atoms with van der Waals surface area (Å²) in [4.78, 5) is 2.48. The highest BCUT2D eigenvalue weighted by molar-refractivity contribution is 5.39. The van der Waals surface area contributed by atoms with Crippen LogP contribution in [0, 0.1) is 0 Å². The number of nitrogens with zero attached hydrogens (tertiary/aromatic N) is 1. The lowest BCUT2D eigenvalue weighted by molar-refractivity contribution is 0.243. The second-order valence-corrected chi connectivity index (χ2v) is 5.24. The first-order valence-electron chi connectivity index (χ1n) is 7.53. The third-order valence-electron chi connectivity index (χ3n) is 3.30. The number of hydrogen-bond donors (Lipinski definition) is 2. The van der Waals surface area contributed by atoms with Crippen LogP contribution in [0.25, 0.3) is 0 Å². The molecule has 0 aromatic rings. The van der Waals surface area contributed by atoms with Gasteiger partial charge in [0.15, 0.2) is 0 Å². The Kier molecular flexibility index (Phi) is 8.00. The van der Waals surface area contributed by atoms with Gasteiger partial charge in [-0.25, -0.2) is 0 Å². The zero-order valence-corrected chi connectivity index (χ0v) is 13.0. The maximum Gasteiger partial charge on any atom is 0.0337 e. The second kappa shape index (κ2) is 9.56. The van der Waals surface area contributed by atoms with Gasteiger partial charge in [-0.05, 0) is 18.9 Å². The van der Waals surface area contributed by atoms with Crippen molar-refractivity contribution in [3.05, 3.63) is 48.2 Å². The third-order valence-corrected chi connectivity index (χ3v) is 3.30. The lowest BCUT2D eigenvalue weighted by atomic mass is 10.1. The van der Waals surface area contributed by atoms with E-state index < -0.39 is 0 Å². The number of nitrogens with one attached hydrogen (secondary N) is 2. The van der Waals surface area contributed by atoms with E-state index in [0.29, 0.717) is 0 Å². The molecule has 0 spiro atoms. The van der Waals surface area contributed by atoms with Crippen LogP contribution in [0.4, 0.5) is 0 Å². The molecule has 1 heterocycles. The van der Waals surface area contributed by atoms with Crippen LogP contribution in [0.1, 0.15) is 20.3 Å². The van der Waals surface area contributed by atoms with Crippen LogP contribution >= 0.6 is 0 Å². The molecule has 1 rings (SSSR count). The fraction of sp³-hybridized carbons (Fsp3) is 0.529. The van der Waals surface area contributed by atoms with Gasteiger partial charge in [0.05, 0.1) is 0 Å². The molecule has 2 N–H and O–H groups in total. The normalized spacial score (nSPS) is 17.4. The van der Waals surface area contributed by atoms with Gasteiger partial charge in [-0.1, -0.05) is 43.9 Å². The standard InChI is InChI=1S/C17H29N3/c1-5-6-17(8-7-15(2)3)16(4)19-11-14-20-12-9-18-10-13-20/h6-8,18-19H,2,4-5,9-14H2,1,3H3/b8-7-,17-6+. The first-order valence-corrected chi connectivity index (χ1v) is 7.53. The van der Waals surface area contributed by atoms with Gasteiger partial charge in [0.25, 0.3) is 0 Å². The molecule has 0 atom stereocenters. The Bertz CT molecular complexity index is 374. The molecule has 0 aliphatic carbocycles. The van der Waals surface area contributed by atoms with E-state index in [1.165, 1.54) is 0 Å². The molecular weight excluding hydrogens is 246 g/mol. The van der Waals surface area contributed by atoms with E-state index in [4.69, 9.17) is 0 Å². The minimum atomic E-state index is 0.945. The zero-order valence-electron chi connectivity index (χ0n) is 13.0. The SMILES string of the molecule is C=C(C)/C=C\C(=C/CC)C(=C)NCCN1CCNCC1. The van der Waals surface area contributed by atoms with Crippen LogP contribution in [0.2, 0.25) is 0 Å². The molecule has 0 amide bonds. The maximum atomic E-state index is 4.14. The molecule has 1 aliphatic heterocycles. The summed E-state index contributed by atoms with van der Waals surface area (Å²) in [6.07, 6.45) is 7.32. The minimum absolute atomic E-state index is 0.945. The van der Waals surface area contributed by atoms with E-state index in [1.54, 1.807) is 0 Å². The average molecular weight is 275 g/mol. The van der Waals surface area contributed by atoms with E-state index in [0.717, 1.165) is 62.5 Å². The van der Waals surface area contributed by atoms with Gasteiger partial charge in [-0.2, -0.15) is 0 Å². The lowest BCUT2D eigenvalue weighted by Crippen LogP contribution is -2.45. The summed E-state index contributed by atoms with van der Waals surface area (Å²) in [6.45, 7) is 18.7. The van der Waals surface area contributed by atoms with E-state index in [9.17, 15) is 0 Å². The second-order valence-electron chi connectivity index (χ2n) is 5.24. The maximum absolute atomic E-state index is 4.14. The monoisotopic (exact) mass is 275 g/mol. The van der Waals surface area contributed by atoms with Crippen molar-refractivity contribution in [2.75, 3.05) is 39.3 Å². The van der Waals surface area contributed by atoms with Crippen LogP contribution in [0.3, 0.4) is 0 Å². The number of piperazine rings is 1.